The Morgan fingerprint density at radius 3 is 0.968 bits per heavy atom. The van der Waals surface area contributed by atoms with Crippen LogP contribution >= 0.6 is 41.2 Å². The van der Waals surface area contributed by atoms with E-state index in [1.165, 1.54) is 0 Å². The Morgan fingerprint density at radius 2 is 0.742 bits per heavy atom. The highest BCUT2D eigenvalue weighted by atomic mass is 33.7. The molecule has 0 aromatic carbocycles. The number of hydrogen-bond donors (Lipinski definition) is 0. The van der Waals surface area contributed by atoms with Gasteiger partial charge in [-0.1, -0.05) is 21.6 Å². The van der Waals surface area contributed by atoms with Crippen molar-refractivity contribution < 1.29 is 26.6 Å². The Balaban J connectivity index is 0. The van der Waals surface area contributed by atoms with Crippen molar-refractivity contribution in [1.29, 1.82) is 0 Å². The van der Waals surface area contributed by atoms with Crippen LogP contribution < -0.4 is 0 Å². The first kappa shape index (κ1) is 35.0. The van der Waals surface area contributed by atoms with E-state index < -0.39 is 17.6 Å². The predicted octanol–water partition coefficient (Wildman–Crippen LogP) is 6.16. The highest BCUT2D eigenvalue weighted by molar-refractivity contribution is 9.26. The maximum atomic E-state index is 5.90. The molecule has 6 nitrogen and oxygen atoms in total. The van der Waals surface area contributed by atoms with Gasteiger partial charge in [0.1, 0.15) is 0 Å². The van der Waals surface area contributed by atoms with Crippen molar-refractivity contribution >= 4 is 69.8 Å². The topological polar surface area (TPSA) is 55.4 Å². The highest BCUT2D eigenvalue weighted by Crippen LogP contribution is 2.44. The first-order valence-electron chi connectivity index (χ1n) is 11.0. The lowest BCUT2D eigenvalue weighted by Crippen LogP contribution is -2.46. The van der Waals surface area contributed by atoms with Crippen LogP contribution in [0.4, 0.5) is 0 Å². The Hall–Kier alpha value is 1.81. The average Bonchev–Trinajstić information content (AvgIpc) is 2.70. The molecular weight excluding hydrogens is 525 g/mol. The molecular formula is C18H42O6S4Si3. The Morgan fingerprint density at radius 1 is 0.484 bits per heavy atom. The lowest BCUT2D eigenvalue weighted by Gasteiger charge is -2.28. The van der Waals surface area contributed by atoms with Crippen molar-refractivity contribution in [2.75, 3.05) is 51.1 Å². The molecule has 0 aromatic rings. The minimum Gasteiger partial charge on any atom is -0.374 e. The van der Waals surface area contributed by atoms with Gasteiger partial charge >= 0.3 is 17.6 Å². The third-order valence-electron chi connectivity index (χ3n) is 3.73. The van der Waals surface area contributed by atoms with Crippen LogP contribution in [0.3, 0.4) is 0 Å². The Kier molecular flexibility index (Phi) is 26.6. The second kappa shape index (κ2) is 23.5. The summed E-state index contributed by atoms with van der Waals surface area (Å²) in [5.74, 6) is 2.13. The monoisotopic (exact) mass is 566 g/mol. The molecule has 0 aliphatic heterocycles. The van der Waals surface area contributed by atoms with Gasteiger partial charge in [-0.15, -0.1) is 0 Å². The molecule has 0 bridgehead atoms. The van der Waals surface area contributed by atoms with Crippen LogP contribution in [0.1, 0.15) is 54.4 Å². The summed E-state index contributed by atoms with van der Waals surface area (Å²) < 4.78 is 35.4. The fraction of sp³-hybridized carbons (Fsp3) is 1.00. The van der Waals surface area contributed by atoms with Crippen molar-refractivity contribution in [2.45, 2.75) is 66.5 Å². The van der Waals surface area contributed by atoms with E-state index in [0.29, 0.717) is 39.6 Å². The average molecular weight is 567 g/mol. The van der Waals surface area contributed by atoms with Crippen LogP contribution in [-0.2, 0) is 26.6 Å². The van der Waals surface area contributed by atoms with E-state index >= 15 is 0 Å². The molecule has 0 saturated carbocycles. The standard InChI is InChI=1S/C18H42O6S4Si2.Si/c1-7-19-29(20-8-2,21-9-3)17-13-15-25-27-28-26-16-14-18-30(22-10-4,23-11-5)24-12-6;/h7-18H2,1-6H3;. The van der Waals surface area contributed by atoms with E-state index in [0.717, 1.165) is 36.4 Å². The quantitative estimate of drug-likeness (QED) is 0.0816. The Bertz CT molecular complexity index is 324. The lowest BCUT2D eigenvalue weighted by molar-refractivity contribution is 0.0704. The summed E-state index contributed by atoms with van der Waals surface area (Å²) in [6, 6.07) is 1.76. The molecule has 13 heteroatoms. The lowest BCUT2D eigenvalue weighted by atomic mass is 10.6. The number of rotatable bonds is 23. The van der Waals surface area contributed by atoms with E-state index in [1.54, 1.807) is 0 Å². The molecule has 0 amide bonds. The summed E-state index contributed by atoms with van der Waals surface area (Å²) in [6.45, 7) is 15.8. The molecule has 4 radical (unpaired) electrons. The van der Waals surface area contributed by atoms with Crippen LogP contribution in [0.15, 0.2) is 0 Å². The molecule has 0 aliphatic rings. The van der Waals surface area contributed by atoms with E-state index in [9.17, 15) is 0 Å². The van der Waals surface area contributed by atoms with Crippen molar-refractivity contribution in [1.82, 2.24) is 0 Å². The van der Waals surface area contributed by atoms with Gasteiger partial charge in [0, 0.05) is 74.2 Å². The first-order chi connectivity index (χ1) is 14.6. The van der Waals surface area contributed by atoms with Crippen molar-refractivity contribution in [3.05, 3.63) is 0 Å². The first-order valence-corrected chi connectivity index (χ1v) is 20.0. The molecule has 0 aliphatic carbocycles. The number of hydrogen-bond acceptors (Lipinski definition) is 10. The minimum atomic E-state index is -2.49. The van der Waals surface area contributed by atoms with E-state index in [4.69, 9.17) is 26.6 Å². The fourth-order valence-electron chi connectivity index (χ4n) is 2.81. The van der Waals surface area contributed by atoms with Gasteiger partial charge in [-0.05, 0) is 74.0 Å². The summed E-state index contributed by atoms with van der Waals surface area (Å²) in [5.41, 5.74) is 0. The summed E-state index contributed by atoms with van der Waals surface area (Å²) in [6.07, 6.45) is 2.08. The van der Waals surface area contributed by atoms with Gasteiger partial charge in [0.15, 0.2) is 0 Å². The van der Waals surface area contributed by atoms with Crippen LogP contribution in [0.5, 0.6) is 0 Å². The second-order valence-electron chi connectivity index (χ2n) is 5.95. The van der Waals surface area contributed by atoms with E-state index in [1.807, 2.05) is 82.8 Å². The minimum absolute atomic E-state index is 0. The zero-order valence-corrected chi connectivity index (χ0v) is 26.3. The summed E-state index contributed by atoms with van der Waals surface area (Å²) >= 11 is 0. The second-order valence-corrected chi connectivity index (χ2v) is 17.7. The third kappa shape index (κ3) is 17.0. The fourth-order valence-corrected chi connectivity index (χ4v) is 14.7. The van der Waals surface area contributed by atoms with Crippen LogP contribution in [0.25, 0.3) is 0 Å². The molecule has 0 aromatic heterocycles. The zero-order valence-electron chi connectivity index (χ0n) is 20.1. The maximum Gasteiger partial charge on any atom is 0.500 e. The molecule has 0 unspecified atom stereocenters. The summed E-state index contributed by atoms with van der Waals surface area (Å²) in [5, 5.41) is 0. The smallest absolute Gasteiger partial charge is 0.374 e. The van der Waals surface area contributed by atoms with Crippen molar-refractivity contribution in [3.8, 4) is 0 Å². The van der Waals surface area contributed by atoms with Crippen LogP contribution in [0, 0.1) is 0 Å². The van der Waals surface area contributed by atoms with Gasteiger partial charge in [0.05, 0.1) is 0 Å². The van der Waals surface area contributed by atoms with Gasteiger partial charge < -0.3 is 26.6 Å². The van der Waals surface area contributed by atoms with Gasteiger partial charge in [0.25, 0.3) is 0 Å². The van der Waals surface area contributed by atoms with Crippen molar-refractivity contribution in [3.63, 3.8) is 0 Å². The molecule has 0 heterocycles. The largest absolute Gasteiger partial charge is 0.500 e. The van der Waals surface area contributed by atoms with Crippen molar-refractivity contribution in [2.24, 2.45) is 0 Å². The Labute approximate surface area is 213 Å². The van der Waals surface area contributed by atoms with E-state index in [-0.39, 0.29) is 11.0 Å². The SMILES string of the molecule is CCO[Si](CCCSSSSCCC[Si](OCC)(OCC)OCC)(OCC)OCC.[Si]. The molecule has 0 fully saturated rings. The molecule has 0 spiro atoms. The van der Waals surface area contributed by atoms with Gasteiger partial charge in [0.2, 0.25) is 0 Å². The predicted molar refractivity (Wildman–Crippen MR) is 146 cm³/mol. The molecule has 0 rings (SSSR count). The van der Waals surface area contributed by atoms with Crippen LogP contribution in [-0.4, -0.2) is 79.7 Å². The highest BCUT2D eigenvalue weighted by Gasteiger charge is 2.40. The maximum absolute atomic E-state index is 5.90. The normalized spacial score (nSPS) is 12.2. The third-order valence-corrected chi connectivity index (χ3v) is 16.7. The summed E-state index contributed by atoms with van der Waals surface area (Å²) in [4.78, 5) is 0. The van der Waals surface area contributed by atoms with Crippen LogP contribution in [0.2, 0.25) is 12.1 Å². The van der Waals surface area contributed by atoms with Gasteiger partial charge in [-0.3, -0.25) is 0 Å². The van der Waals surface area contributed by atoms with Gasteiger partial charge in [-0.2, -0.15) is 0 Å². The zero-order chi connectivity index (χ0) is 22.6. The summed E-state index contributed by atoms with van der Waals surface area (Å²) in [7, 11) is 2.48. The van der Waals surface area contributed by atoms with E-state index in [2.05, 4.69) is 0 Å². The molecule has 31 heavy (non-hydrogen) atoms. The molecule has 0 atom stereocenters. The molecule has 186 valence electrons. The molecule has 0 saturated heterocycles. The molecule has 0 N–H and O–H groups in total. The van der Waals surface area contributed by atoms with Gasteiger partial charge in [-0.25, -0.2) is 0 Å².